The summed E-state index contributed by atoms with van der Waals surface area (Å²) in [6.07, 6.45) is -0.209. The van der Waals surface area contributed by atoms with Gasteiger partial charge in [-0.25, -0.2) is 8.42 Å². The third-order valence-corrected chi connectivity index (χ3v) is 5.15. The number of methoxy groups -OCH3 is 2. The molecule has 7 nitrogen and oxygen atoms in total. The molecule has 1 aliphatic rings. The Morgan fingerprint density at radius 1 is 1.30 bits per heavy atom. The molecule has 1 heterocycles. The van der Waals surface area contributed by atoms with E-state index in [0.717, 1.165) is 0 Å². The molecule has 1 aromatic carbocycles. The van der Waals surface area contributed by atoms with Crippen molar-refractivity contribution in [3.05, 3.63) is 12.1 Å². The third kappa shape index (κ3) is 2.54. The molecule has 1 atom stereocenters. The number of hydrogen-bond donors (Lipinski definition) is 2. The zero-order valence-electron chi connectivity index (χ0n) is 11.4. The molecule has 1 aromatic rings. The lowest BCUT2D eigenvalue weighted by Gasteiger charge is -2.19. The highest BCUT2D eigenvalue weighted by molar-refractivity contribution is 7.89. The fraction of sp³-hybridized carbons (Fsp3) is 0.500. The first-order valence-corrected chi connectivity index (χ1v) is 7.54. The first-order chi connectivity index (χ1) is 9.40. The van der Waals surface area contributed by atoms with E-state index in [9.17, 15) is 13.5 Å². The quantitative estimate of drug-likeness (QED) is 0.761. The molecule has 1 aliphatic heterocycles. The van der Waals surface area contributed by atoms with Gasteiger partial charge in [0.1, 0.15) is 16.4 Å². The largest absolute Gasteiger partial charge is 0.495 e. The number of ether oxygens (including phenoxy) is 2. The second kappa shape index (κ2) is 5.47. The summed E-state index contributed by atoms with van der Waals surface area (Å²) in [5, 5.41) is 9.49. The molecule has 0 saturated carbocycles. The minimum atomic E-state index is -3.75. The number of nitrogen functional groups attached to an aromatic ring is 1. The van der Waals surface area contributed by atoms with E-state index in [2.05, 4.69) is 0 Å². The molecule has 0 aromatic heterocycles. The molecule has 0 unspecified atom stereocenters. The van der Waals surface area contributed by atoms with Crippen LogP contribution in [0.1, 0.15) is 6.42 Å². The van der Waals surface area contributed by atoms with Crippen LogP contribution >= 0.6 is 0 Å². The summed E-state index contributed by atoms with van der Waals surface area (Å²) in [5.41, 5.74) is 5.98. The van der Waals surface area contributed by atoms with Crippen LogP contribution in [0.4, 0.5) is 5.69 Å². The van der Waals surface area contributed by atoms with E-state index in [1.807, 2.05) is 0 Å². The van der Waals surface area contributed by atoms with E-state index >= 15 is 0 Å². The van der Waals surface area contributed by atoms with Gasteiger partial charge in [0.25, 0.3) is 0 Å². The van der Waals surface area contributed by atoms with Crippen molar-refractivity contribution in [2.24, 2.45) is 0 Å². The summed E-state index contributed by atoms with van der Waals surface area (Å²) in [4.78, 5) is -0.0209. The fourth-order valence-electron chi connectivity index (χ4n) is 2.16. The second-order valence-corrected chi connectivity index (χ2v) is 6.46. The summed E-state index contributed by atoms with van der Waals surface area (Å²) in [5.74, 6) is 0.514. The lowest BCUT2D eigenvalue weighted by atomic mass is 10.3. The van der Waals surface area contributed by atoms with Gasteiger partial charge in [0.2, 0.25) is 10.0 Å². The fourth-order valence-corrected chi connectivity index (χ4v) is 3.83. The lowest BCUT2D eigenvalue weighted by molar-refractivity contribution is 0.189. The van der Waals surface area contributed by atoms with E-state index in [1.165, 1.54) is 30.7 Å². The van der Waals surface area contributed by atoms with Crippen molar-refractivity contribution in [2.45, 2.75) is 17.4 Å². The van der Waals surface area contributed by atoms with Crippen LogP contribution < -0.4 is 15.2 Å². The Morgan fingerprint density at radius 2 is 1.95 bits per heavy atom. The smallest absolute Gasteiger partial charge is 0.246 e. The zero-order valence-corrected chi connectivity index (χ0v) is 12.2. The first-order valence-electron chi connectivity index (χ1n) is 6.10. The van der Waals surface area contributed by atoms with Gasteiger partial charge in [-0.1, -0.05) is 0 Å². The van der Waals surface area contributed by atoms with Crippen LogP contribution in [0.15, 0.2) is 17.0 Å². The molecule has 0 aliphatic carbocycles. The molecule has 0 radical (unpaired) electrons. The number of hydrogen-bond acceptors (Lipinski definition) is 6. The highest BCUT2D eigenvalue weighted by Gasteiger charge is 2.34. The molecule has 112 valence electrons. The Bertz CT molecular complexity index is 602. The molecular weight excluding hydrogens is 284 g/mol. The Hall–Kier alpha value is -1.51. The molecule has 0 amide bonds. The van der Waals surface area contributed by atoms with Crippen LogP contribution in [0, 0.1) is 0 Å². The first kappa shape index (κ1) is 14.9. The predicted molar refractivity (Wildman–Crippen MR) is 73.3 cm³/mol. The Balaban J connectivity index is 2.48. The lowest BCUT2D eigenvalue weighted by Crippen LogP contribution is -2.30. The topological polar surface area (TPSA) is 102 Å². The van der Waals surface area contributed by atoms with E-state index in [-0.39, 0.29) is 29.4 Å². The van der Waals surface area contributed by atoms with Gasteiger partial charge in [0.15, 0.2) is 0 Å². The Morgan fingerprint density at radius 3 is 2.45 bits per heavy atom. The van der Waals surface area contributed by atoms with Gasteiger partial charge in [-0.05, 0) is 12.5 Å². The summed E-state index contributed by atoms with van der Waals surface area (Å²) in [6.45, 7) is 0.357. The van der Waals surface area contributed by atoms with Gasteiger partial charge in [0.05, 0.1) is 26.0 Å². The number of sulfonamides is 1. The molecule has 8 heteroatoms. The standard InChI is InChI=1S/C12H18N2O5S/c1-18-10-6-11(19-2)12(5-9(10)13)20(16,17)14-4-3-8(15)7-14/h5-6,8,15H,3-4,7,13H2,1-2H3/t8-/m1/s1. The van der Waals surface area contributed by atoms with Crippen molar-refractivity contribution in [1.82, 2.24) is 4.31 Å². The number of rotatable bonds is 4. The van der Waals surface area contributed by atoms with Gasteiger partial charge in [-0.3, -0.25) is 0 Å². The van der Waals surface area contributed by atoms with Gasteiger partial charge in [-0.2, -0.15) is 4.31 Å². The van der Waals surface area contributed by atoms with Crippen molar-refractivity contribution in [1.29, 1.82) is 0 Å². The molecule has 0 bridgehead atoms. The highest BCUT2D eigenvalue weighted by Crippen LogP contribution is 2.36. The van der Waals surface area contributed by atoms with E-state index < -0.39 is 16.1 Å². The van der Waals surface area contributed by atoms with Crippen molar-refractivity contribution in [3.63, 3.8) is 0 Å². The number of anilines is 1. The molecule has 0 spiro atoms. The molecule has 2 rings (SSSR count). The van der Waals surface area contributed by atoms with Crippen molar-refractivity contribution in [2.75, 3.05) is 33.0 Å². The average Bonchev–Trinajstić information content (AvgIpc) is 2.85. The predicted octanol–water partition coefficient (Wildman–Crippen LogP) is 0.0413. The third-order valence-electron chi connectivity index (χ3n) is 3.26. The maximum absolute atomic E-state index is 12.6. The molecule has 20 heavy (non-hydrogen) atoms. The summed E-state index contributed by atoms with van der Waals surface area (Å²) >= 11 is 0. The SMILES string of the molecule is COc1cc(OC)c(S(=O)(=O)N2CC[C@@H](O)C2)cc1N. The summed E-state index contributed by atoms with van der Waals surface area (Å²) in [7, 11) is -0.931. The van der Waals surface area contributed by atoms with E-state index in [1.54, 1.807) is 0 Å². The minimum Gasteiger partial charge on any atom is -0.495 e. The van der Waals surface area contributed by atoms with Crippen LogP contribution in [0.5, 0.6) is 11.5 Å². The van der Waals surface area contributed by atoms with Gasteiger partial charge in [-0.15, -0.1) is 0 Å². The van der Waals surface area contributed by atoms with Gasteiger partial charge in [0, 0.05) is 19.2 Å². The van der Waals surface area contributed by atoms with Crippen molar-refractivity contribution >= 4 is 15.7 Å². The maximum Gasteiger partial charge on any atom is 0.246 e. The number of β-amino-alcohol motifs (C(OH)–C–C–N with tert-alkyl or cyclic N) is 1. The van der Waals surface area contributed by atoms with Gasteiger partial charge >= 0.3 is 0 Å². The number of aliphatic hydroxyl groups is 1. The summed E-state index contributed by atoms with van der Waals surface area (Å²) in [6, 6.07) is 2.76. The normalized spacial score (nSPS) is 20.1. The van der Waals surface area contributed by atoms with Crippen LogP contribution in [-0.2, 0) is 10.0 Å². The van der Waals surface area contributed by atoms with Crippen LogP contribution in [0.2, 0.25) is 0 Å². The second-order valence-electron chi connectivity index (χ2n) is 4.55. The van der Waals surface area contributed by atoms with Crippen LogP contribution in [0.3, 0.4) is 0 Å². The molecule has 3 N–H and O–H groups in total. The van der Waals surface area contributed by atoms with Crippen molar-refractivity contribution in [3.8, 4) is 11.5 Å². The Kier molecular flexibility index (Phi) is 4.07. The summed E-state index contributed by atoms with van der Waals surface area (Å²) < 4.78 is 36.5. The Labute approximate surface area is 117 Å². The van der Waals surface area contributed by atoms with E-state index in [4.69, 9.17) is 15.2 Å². The van der Waals surface area contributed by atoms with Crippen LogP contribution in [0.25, 0.3) is 0 Å². The van der Waals surface area contributed by atoms with Crippen LogP contribution in [-0.4, -0.2) is 51.2 Å². The number of aliphatic hydroxyl groups excluding tert-OH is 1. The van der Waals surface area contributed by atoms with Gasteiger partial charge < -0.3 is 20.3 Å². The number of benzene rings is 1. The van der Waals surface area contributed by atoms with Crippen molar-refractivity contribution < 1.29 is 23.0 Å². The van der Waals surface area contributed by atoms with E-state index in [0.29, 0.717) is 12.2 Å². The zero-order chi connectivity index (χ0) is 14.9. The minimum absolute atomic E-state index is 0.0209. The average molecular weight is 302 g/mol. The highest BCUT2D eigenvalue weighted by atomic mass is 32.2. The molecule has 1 fully saturated rings. The molecular formula is C12H18N2O5S. The number of nitrogens with zero attached hydrogens (tertiary/aromatic N) is 1. The number of nitrogens with two attached hydrogens (primary N) is 1. The maximum atomic E-state index is 12.6. The monoisotopic (exact) mass is 302 g/mol. The molecule has 1 saturated heterocycles.